The van der Waals surface area contributed by atoms with Crippen LogP contribution < -0.4 is 0 Å². The number of nitrogens with zero attached hydrogens (tertiary/aromatic N) is 3. The second kappa shape index (κ2) is 10.4. The molecule has 1 atom stereocenters. The van der Waals surface area contributed by atoms with Gasteiger partial charge in [0.2, 0.25) is 0 Å². The van der Waals surface area contributed by atoms with Crippen molar-refractivity contribution < 1.29 is 23.9 Å². The molecule has 2 aliphatic rings. The van der Waals surface area contributed by atoms with Gasteiger partial charge in [-0.2, -0.15) is 0 Å². The van der Waals surface area contributed by atoms with Crippen molar-refractivity contribution in [3.63, 3.8) is 0 Å². The molecule has 0 radical (unpaired) electrons. The van der Waals surface area contributed by atoms with Crippen LogP contribution >= 0.6 is 11.6 Å². The van der Waals surface area contributed by atoms with Gasteiger partial charge in [-0.3, -0.25) is 14.7 Å². The zero-order valence-corrected chi connectivity index (χ0v) is 20.0. The van der Waals surface area contributed by atoms with Crippen molar-refractivity contribution in [1.82, 2.24) is 14.8 Å². The zero-order chi connectivity index (χ0) is 24.2. The third-order valence-electron chi connectivity index (χ3n) is 6.36. The SMILES string of the molecule is C=CCCOC(=O)N1CCN(C(=O)c2ccc3c(Cl)c4c(nc3c2)CCCC4)CC1C(=O)OC. The molecule has 1 saturated heterocycles. The molecule has 180 valence electrons. The molecule has 0 spiro atoms. The van der Waals surface area contributed by atoms with Gasteiger partial charge in [-0.15, -0.1) is 6.58 Å². The van der Waals surface area contributed by atoms with Crippen LogP contribution in [0.3, 0.4) is 0 Å². The highest BCUT2D eigenvalue weighted by atomic mass is 35.5. The highest BCUT2D eigenvalue weighted by Crippen LogP contribution is 2.33. The van der Waals surface area contributed by atoms with Gasteiger partial charge in [0, 0.05) is 29.7 Å². The Kier molecular flexibility index (Phi) is 7.36. The fraction of sp³-hybridized carbons (Fsp3) is 0.440. The highest BCUT2D eigenvalue weighted by Gasteiger charge is 2.38. The molecule has 8 nitrogen and oxygen atoms in total. The highest BCUT2D eigenvalue weighted by molar-refractivity contribution is 6.36. The smallest absolute Gasteiger partial charge is 0.410 e. The molecule has 2 aromatic rings. The number of aromatic nitrogens is 1. The van der Waals surface area contributed by atoms with Crippen molar-refractivity contribution >= 4 is 40.5 Å². The summed E-state index contributed by atoms with van der Waals surface area (Å²) < 4.78 is 10.1. The molecule has 1 aliphatic carbocycles. The number of ether oxygens (including phenoxy) is 2. The van der Waals surface area contributed by atoms with E-state index >= 15 is 0 Å². The molecule has 1 aromatic carbocycles. The van der Waals surface area contributed by atoms with Gasteiger partial charge in [0.25, 0.3) is 5.91 Å². The van der Waals surface area contributed by atoms with E-state index in [4.69, 9.17) is 26.1 Å². The molecule has 1 fully saturated rings. The van der Waals surface area contributed by atoms with Crippen LogP contribution in [-0.4, -0.2) is 72.1 Å². The Hall–Kier alpha value is -3.13. The van der Waals surface area contributed by atoms with Gasteiger partial charge in [0.15, 0.2) is 6.04 Å². The largest absolute Gasteiger partial charge is 0.467 e. The van der Waals surface area contributed by atoms with Crippen molar-refractivity contribution in [1.29, 1.82) is 0 Å². The molecular formula is C25H28ClN3O5. The van der Waals surface area contributed by atoms with E-state index in [2.05, 4.69) is 6.58 Å². The van der Waals surface area contributed by atoms with E-state index in [-0.39, 0.29) is 32.1 Å². The molecule has 2 heterocycles. The maximum atomic E-state index is 13.3. The van der Waals surface area contributed by atoms with Crippen LogP contribution in [0.25, 0.3) is 10.9 Å². The molecule has 1 aromatic heterocycles. The van der Waals surface area contributed by atoms with Gasteiger partial charge < -0.3 is 14.4 Å². The van der Waals surface area contributed by atoms with E-state index in [0.29, 0.717) is 22.5 Å². The van der Waals surface area contributed by atoms with Crippen molar-refractivity contribution in [2.24, 2.45) is 0 Å². The van der Waals surface area contributed by atoms with Crippen LogP contribution in [0, 0.1) is 0 Å². The van der Waals surface area contributed by atoms with Gasteiger partial charge in [-0.05, 0) is 49.8 Å². The predicted octanol–water partition coefficient (Wildman–Crippen LogP) is 3.78. The van der Waals surface area contributed by atoms with Crippen LogP contribution in [-0.2, 0) is 27.1 Å². The molecule has 2 amide bonds. The molecule has 0 bridgehead atoms. The number of amides is 2. The first kappa shape index (κ1) is 24.0. The summed E-state index contributed by atoms with van der Waals surface area (Å²) in [6, 6.07) is 4.37. The minimum absolute atomic E-state index is 0.0124. The first-order valence-electron chi connectivity index (χ1n) is 11.5. The molecule has 1 aliphatic heterocycles. The summed E-state index contributed by atoms with van der Waals surface area (Å²) in [5, 5.41) is 1.55. The summed E-state index contributed by atoms with van der Waals surface area (Å²) in [6.45, 7) is 4.20. The van der Waals surface area contributed by atoms with Gasteiger partial charge >= 0.3 is 12.1 Å². The van der Waals surface area contributed by atoms with Crippen molar-refractivity contribution in [2.45, 2.75) is 38.1 Å². The van der Waals surface area contributed by atoms with Crippen LogP contribution in [0.15, 0.2) is 30.9 Å². The second-order valence-corrected chi connectivity index (χ2v) is 8.84. The summed E-state index contributed by atoms with van der Waals surface area (Å²) >= 11 is 6.66. The number of hydrogen-bond acceptors (Lipinski definition) is 6. The molecule has 34 heavy (non-hydrogen) atoms. The summed E-state index contributed by atoms with van der Waals surface area (Å²) in [7, 11) is 1.25. The van der Waals surface area contributed by atoms with E-state index < -0.39 is 18.1 Å². The fourth-order valence-corrected chi connectivity index (χ4v) is 4.88. The van der Waals surface area contributed by atoms with E-state index in [1.807, 2.05) is 6.07 Å². The number of piperazine rings is 1. The number of aryl methyl sites for hydroxylation is 1. The maximum Gasteiger partial charge on any atom is 0.410 e. The minimum atomic E-state index is -0.945. The fourth-order valence-electron chi connectivity index (χ4n) is 4.52. The van der Waals surface area contributed by atoms with E-state index in [0.717, 1.165) is 42.3 Å². The Morgan fingerprint density at radius 1 is 1.24 bits per heavy atom. The van der Waals surface area contributed by atoms with Gasteiger partial charge in [0.1, 0.15) is 0 Å². The predicted molar refractivity (Wildman–Crippen MR) is 128 cm³/mol. The molecule has 9 heteroatoms. The standard InChI is InChI=1S/C25H28ClN3O5/c1-3-4-13-34-25(32)29-12-11-28(15-21(29)24(31)33-2)23(30)16-9-10-18-20(14-16)27-19-8-6-5-7-17(19)22(18)26/h3,9-10,14,21H,1,4-8,11-13,15H2,2H3. The van der Waals surface area contributed by atoms with Crippen LogP contribution in [0.4, 0.5) is 4.79 Å². The first-order chi connectivity index (χ1) is 16.4. The minimum Gasteiger partial charge on any atom is -0.467 e. The zero-order valence-electron chi connectivity index (χ0n) is 19.2. The Balaban J connectivity index is 1.55. The van der Waals surface area contributed by atoms with Crippen molar-refractivity contribution in [3.8, 4) is 0 Å². The number of esters is 1. The lowest BCUT2D eigenvalue weighted by Gasteiger charge is -2.39. The van der Waals surface area contributed by atoms with Crippen molar-refractivity contribution in [2.75, 3.05) is 33.4 Å². The summed E-state index contributed by atoms with van der Waals surface area (Å²) in [4.78, 5) is 45.9. The van der Waals surface area contributed by atoms with Crippen LogP contribution in [0.2, 0.25) is 5.02 Å². The number of pyridine rings is 1. The number of benzene rings is 1. The summed E-state index contributed by atoms with van der Waals surface area (Å²) in [6.07, 6.45) is 5.53. The molecular weight excluding hydrogens is 458 g/mol. The van der Waals surface area contributed by atoms with E-state index in [1.54, 1.807) is 23.1 Å². The number of methoxy groups -OCH3 is 1. The van der Waals surface area contributed by atoms with Gasteiger partial charge in [-0.1, -0.05) is 23.7 Å². The van der Waals surface area contributed by atoms with Gasteiger partial charge in [-0.25, -0.2) is 9.59 Å². The average molecular weight is 486 g/mol. The van der Waals surface area contributed by atoms with Crippen LogP contribution in [0.1, 0.15) is 40.9 Å². The molecule has 4 rings (SSSR count). The van der Waals surface area contributed by atoms with E-state index in [1.165, 1.54) is 12.0 Å². The van der Waals surface area contributed by atoms with Gasteiger partial charge in [0.05, 0.1) is 30.8 Å². The second-order valence-electron chi connectivity index (χ2n) is 8.47. The van der Waals surface area contributed by atoms with Crippen molar-refractivity contribution in [3.05, 3.63) is 52.7 Å². The lowest BCUT2D eigenvalue weighted by Crippen LogP contribution is -2.59. The number of carbonyl (C=O) groups excluding carboxylic acids is 3. The Labute approximate surface area is 203 Å². The molecule has 0 saturated carbocycles. The Morgan fingerprint density at radius 3 is 2.79 bits per heavy atom. The normalized spacial score (nSPS) is 17.8. The quantitative estimate of drug-likeness (QED) is 0.364. The number of fused-ring (bicyclic) bond motifs is 2. The third kappa shape index (κ3) is 4.73. The Morgan fingerprint density at radius 2 is 2.03 bits per heavy atom. The summed E-state index contributed by atoms with van der Waals surface area (Å²) in [5.74, 6) is -0.845. The molecule has 0 N–H and O–H groups in total. The Bertz CT molecular complexity index is 1140. The maximum absolute atomic E-state index is 13.3. The number of carbonyl (C=O) groups is 3. The molecule has 1 unspecified atom stereocenters. The number of rotatable bonds is 5. The number of halogens is 1. The average Bonchev–Trinajstić information content (AvgIpc) is 2.87. The lowest BCUT2D eigenvalue weighted by molar-refractivity contribution is -0.148. The summed E-state index contributed by atoms with van der Waals surface area (Å²) in [5.41, 5.74) is 3.25. The topological polar surface area (TPSA) is 89.0 Å². The lowest BCUT2D eigenvalue weighted by atomic mass is 9.94. The van der Waals surface area contributed by atoms with E-state index in [9.17, 15) is 14.4 Å². The third-order valence-corrected chi connectivity index (χ3v) is 6.79. The number of hydrogen-bond donors (Lipinski definition) is 0. The van der Waals surface area contributed by atoms with Crippen LogP contribution in [0.5, 0.6) is 0 Å². The first-order valence-corrected chi connectivity index (χ1v) is 11.8. The monoisotopic (exact) mass is 485 g/mol.